The molecule has 0 amide bonds. The summed E-state index contributed by atoms with van der Waals surface area (Å²) in [5.74, 6) is 1.12. The van der Waals surface area contributed by atoms with Gasteiger partial charge >= 0.3 is 0 Å². The van der Waals surface area contributed by atoms with Crippen LogP contribution in [0.4, 0.5) is 0 Å². The third-order valence-electron chi connectivity index (χ3n) is 1.96. The molecule has 2 N–H and O–H groups in total. The predicted octanol–water partition coefficient (Wildman–Crippen LogP) is 1.35. The Morgan fingerprint density at radius 2 is 2.46 bits per heavy atom. The summed E-state index contributed by atoms with van der Waals surface area (Å²) >= 11 is 0. The average Bonchev–Trinajstić information content (AvgIpc) is 2.54. The second-order valence-corrected chi connectivity index (χ2v) is 3.18. The zero-order valence-corrected chi connectivity index (χ0v) is 8.16. The van der Waals surface area contributed by atoms with Crippen LogP contribution in [0.1, 0.15) is 19.2 Å². The van der Waals surface area contributed by atoms with Crippen molar-refractivity contribution in [1.82, 2.24) is 9.55 Å². The molecule has 0 saturated heterocycles. The molecule has 0 radical (unpaired) electrons. The van der Waals surface area contributed by atoms with E-state index in [0.717, 1.165) is 30.8 Å². The van der Waals surface area contributed by atoms with Gasteiger partial charge < -0.3 is 10.3 Å². The molecule has 0 saturated carbocycles. The first-order valence-electron chi connectivity index (χ1n) is 4.64. The Balaban J connectivity index is 2.64. The van der Waals surface area contributed by atoms with Crippen LogP contribution in [0.25, 0.3) is 0 Å². The van der Waals surface area contributed by atoms with E-state index in [1.165, 1.54) is 0 Å². The SMILES string of the molecule is C=C(CN)Cn1ccnc1CCC. The molecular formula is C10H17N3. The maximum Gasteiger partial charge on any atom is 0.108 e. The maximum atomic E-state index is 5.48. The first-order chi connectivity index (χ1) is 6.27. The van der Waals surface area contributed by atoms with E-state index >= 15 is 0 Å². The molecule has 0 spiro atoms. The van der Waals surface area contributed by atoms with E-state index in [1.54, 1.807) is 0 Å². The lowest BCUT2D eigenvalue weighted by atomic mass is 10.3. The van der Waals surface area contributed by atoms with Crippen LogP contribution in [0.2, 0.25) is 0 Å². The van der Waals surface area contributed by atoms with E-state index in [1.807, 2.05) is 12.4 Å². The van der Waals surface area contributed by atoms with E-state index < -0.39 is 0 Å². The summed E-state index contributed by atoms with van der Waals surface area (Å²) in [4.78, 5) is 4.27. The van der Waals surface area contributed by atoms with Gasteiger partial charge in [0.25, 0.3) is 0 Å². The van der Waals surface area contributed by atoms with Gasteiger partial charge in [-0.15, -0.1) is 0 Å². The van der Waals surface area contributed by atoms with Gasteiger partial charge in [0, 0.05) is 31.9 Å². The van der Waals surface area contributed by atoms with Crippen molar-refractivity contribution >= 4 is 0 Å². The number of nitrogens with two attached hydrogens (primary N) is 1. The summed E-state index contributed by atoms with van der Waals surface area (Å²) in [6, 6.07) is 0. The number of hydrogen-bond donors (Lipinski definition) is 1. The molecule has 1 aromatic heterocycles. The van der Waals surface area contributed by atoms with Crippen molar-refractivity contribution in [3.63, 3.8) is 0 Å². The first kappa shape index (κ1) is 9.99. The minimum absolute atomic E-state index is 0.545. The molecule has 13 heavy (non-hydrogen) atoms. The highest BCUT2D eigenvalue weighted by molar-refractivity contribution is 5.01. The summed E-state index contributed by atoms with van der Waals surface area (Å²) < 4.78 is 2.11. The minimum Gasteiger partial charge on any atom is -0.331 e. The Morgan fingerprint density at radius 1 is 1.69 bits per heavy atom. The van der Waals surface area contributed by atoms with Crippen LogP contribution >= 0.6 is 0 Å². The quantitative estimate of drug-likeness (QED) is 0.693. The molecule has 0 aliphatic heterocycles. The van der Waals surface area contributed by atoms with Crippen molar-refractivity contribution in [1.29, 1.82) is 0 Å². The Kier molecular flexibility index (Phi) is 3.71. The van der Waals surface area contributed by atoms with Gasteiger partial charge in [-0.2, -0.15) is 0 Å². The standard InChI is InChI=1S/C10H17N3/c1-3-4-10-12-5-6-13(10)8-9(2)7-11/h5-6H,2-4,7-8,11H2,1H3. The highest BCUT2D eigenvalue weighted by Gasteiger charge is 2.01. The third kappa shape index (κ3) is 2.70. The van der Waals surface area contributed by atoms with Crippen LogP contribution in [0.3, 0.4) is 0 Å². The van der Waals surface area contributed by atoms with Gasteiger partial charge in [-0.25, -0.2) is 4.98 Å². The topological polar surface area (TPSA) is 43.8 Å². The van der Waals surface area contributed by atoms with Gasteiger partial charge in [-0.3, -0.25) is 0 Å². The lowest BCUT2D eigenvalue weighted by molar-refractivity contribution is 0.691. The number of hydrogen-bond acceptors (Lipinski definition) is 2. The molecule has 3 nitrogen and oxygen atoms in total. The van der Waals surface area contributed by atoms with Gasteiger partial charge in [0.15, 0.2) is 0 Å². The smallest absolute Gasteiger partial charge is 0.108 e. The molecule has 0 unspecified atom stereocenters. The van der Waals surface area contributed by atoms with Gasteiger partial charge in [0.05, 0.1) is 0 Å². The minimum atomic E-state index is 0.545. The summed E-state index contributed by atoms with van der Waals surface area (Å²) in [6.07, 6.45) is 5.94. The van der Waals surface area contributed by atoms with Crippen molar-refractivity contribution in [3.05, 3.63) is 30.4 Å². The van der Waals surface area contributed by atoms with E-state index in [2.05, 4.69) is 23.1 Å². The van der Waals surface area contributed by atoms with Gasteiger partial charge in [-0.05, 0) is 12.0 Å². The molecule has 0 bridgehead atoms. The van der Waals surface area contributed by atoms with Crippen molar-refractivity contribution in [2.45, 2.75) is 26.3 Å². The number of aromatic nitrogens is 2. The molecular weight excluding hydrogens is 162 g/mol. The van der Waals surface area contributed by atoms with E-state index in [4.69, 9.17) is 5.73 Å². The molecule has 0 atom stereocenters. The zero-order valence-electron chi connectivity index (χ0n) is 8.16. The van der Waals surface area contributed by atoms with Crippen LogP contribution in [-0.2, 0) is 13.0 Å². The Bertz CT molecular complexity index is 275. The van der Waals surface area contributed by atoms with Crippen LogP contribution in [0.15, 0.2) is 24.5 Å². The highest BCUT2D eigenvalue weighted by Crippen LogP contribution is 2.03. The molecule has 1 heterocycles. The Labute approximate surface area is 79.3 Å². The number of rotatable bonds is 5. The molecule has 0 aromatic carbocycles. The normalized spacial score (nSPS) is 10.3. The van der Waals surface area contributed by atoms with Crippen LogP contribution < -0.4 is 5.73 Å². The van der Waals surface area contributed by atoms with E-state index in [0.29, 0.717) is 6.54 Å². The molecule has 1 aromatic rings. The Morgan fingerprint density at radius 3 is 3.08 bits per heavy atom. The molecule has 0 fully saturated rings. The van der Waals surface area contributed by atoms with Gasteiger partial charge in [0.2, 0.25) is 0 Å². The van der Waals surface area contributed by atoms with Crippen molar-refractivity contribution in [2.24, 2.45) is 5.73 Å². The number of imidazole rings is 1. The monoisotopic (exact) mass is 179 g/mol. The maximum absolute atomic E-state index is 5.48. The molecule has 0 aliphatic rings. The number of nitrogens with zero attached hydrogens (tertiary/aromatic N) is 2. The van der Waals surface area contributed by atoms with E-state index in [-0.39, 0.29) is 0 Å². The van der Waals surface area contributed by atoms with Gasteiger partial charge in [-0.1, -0.05) is 13.5 Å². The zero-order chi connectivity index (χ0) is 9.68. The summed E-state index contributed by atoms with van der Waals surface area (Å²) in [7, 11) is 0. The molecule has 72 valence electrons. The molecule has 0 aliphatic carbocycles. The van der Waals surface area contributed by atoms with Crippen LogP contribution in [-0.4, -0.2) is 16.1 Å². The van der Waals surface area contributed by atoms with Gasteiger partial charge in [0.1, 0.15) is 5.82 Å². The predicted molar refractivity (Wildman–Crippen MR) is 54.4 cm³/mol. The fraction of sp³-hybridized carbons (Fsp3) is 0.500. The summed E-state index contributed by atoms with van der Waals surface area (Å²) in [5, 5.41) is 0. The average molecular weight is 179 g/mol. The fourth-order valence-electron chi connectivity index (χ4n) is 1.24. The summed E-state index contributed by atoms with van der Waals surface area (Å²) in [5.41, 5.74) is 6.52. The fourth-order valence-corrected chi connectivity index (χ4v) is 1.24. The second kappa shape index (κ2) is 4.82. The highest BCUT2D eigenvalue weighted by atomic mass is 15.1. The lowest BCUT2D eigenvalue weighted by Gasteiger charge is -2.07. The van der Waals surface area contributed by atoms with Crippen LogP contribution in [0.5, 0.6) is 0 Å². The van der Waals surface area contributed by atoms with Crippen molar-refractivity contribution in [3.8, 4) is 0 Å². The molecule has 3 heteroatoms. The van der Waals surface area contributed by atoms with E-state index in [9.17, 15) is 0 Å². The van der Waals surface area contributed by atoms with Crippen LogP contribution in [0, 0.1) is 0 Å². The van der Waals surface area contributed by atoms with Crippen molar-refractivity contribution < 1.29 is 0 Å². The first-order valence-corrected chi connectivity index (χ1v) is 4.64. The summed E-state index contributed by atoms with van der Waals surface area (Å²) in [6.45, 7) is 7.37. The second-order valence-electron chi connectivity index (χ2n) is 3.18. The Hall–Kier alpha value is -1.09. The largest absolute Gasteiger partial charge is 0.331 e. The lowest BCUT2D eigenvalue weighted by Crippen LogP contribution is -2.10. The molecule has 1 rings (SSSR count). The third-order valence-corrected chi connectivity index (χ3v) is 1.96. The van der Waals surface area contributed by atoms with Crippen molar-refractivity contribution in [2.75, 3.05) is 6.54 Å². The number of aryl methyl sites for hydroxylation is 1.